The molecule has 0 spiro atoms. The summed E-state index contributed by atoms with van der Waals surface area (Å²) in [5, 5.41) is 0.803. The standard InChI is InChI=1S/C17H21Br2ClO2/c1-2-22-17(21)16(19)15(18)12-8-9-13(14(20)10-12)11-6-4-3-5-7-11/h8-11,15-16H,2-7H2,1H3. The van der Waals surface area contributed by atoms with E-state index in [2.05, 4.69) is 44.0 Å². The first-order valence-electron chi connectivity index (χ1n) is 7.78. The third-order valence-electron chi connectivity index (χ3n) is 4.16. The molecule has 22 heavy (non-hydrogen) atoms. The molecule has 0 radical (unpaired) electrons. The molecule has 1 aromatic rings. The van der Waals surface area contributed by atoms with Crippen molar-refractivity contribution in [1.82, 2.24) is 0 Å². The van der Waals surface area contributed by atoms with Crippen molar-refractivity contribution in [2.24, 2.45) is 0 Å². The fourth-order valence-electron chi connectivity index (χ4n) is 2.97. The van der Waals surface area contributed by atoms with E-state index in [-0.39, 0.29) is 10.8 Å². The molecule has 1 aromatic carbocycles. The minimum atomic E-state index is -0.427. The molecule has 0 amide bonds. The van der Waals surface area contributed by atoms with Gasteiger partial charge in [-0.05, 0) is 42.9 Å². The van der Waals surface area contributed by atoms with Crippen LogP contribution in [0, 0.1) is 0 Å². The summed E-state index contributed by atoms with van der Waals surface area (Å²) >= 11 is 13.5. The fraction of sp³-hybridized carbons (Fsp3) is 0.588. The van der Waals surface area contributed by atoms with Crippen LogP contribution < -0.4 is 0 Å². The summed E-state index contributed by atoms with van der Waals surface area (Å²) in [5.41, 5.74) is 2.23. The number of carbonyl (C=O) groups excluding carboxylic acids is 1. The molecule has 1 saturated carbocycles. The lowest BCUT2D eigenvalue weighted by molar-refractivity contribution is -0.142. The molecular formula is C17H21Br2ClO2. The number of alkyl halides is 2. The van der Waals surface area contributed by atoms with Crippen molar-refractivity contribution in [2.45, 2.75) is 54.6 Å². The Bertz CT molecular complexity index is 515. The lowest BCUT2D eigenvalue weighted by Crippen LogP contribution is -2.21. The summed E-state index contributed by atoms with van der Waals surface area (Å²) in [6.45, 7) is 2.18. The zero-order valence-electron chi connectivity index (χ0n) is 12.7. The van der Waals surface area contributed by atoms with Crippen LogP contribution in [0.4, 0.5) is 0 Å². The van der Waals surface area contributed by atoms with E-state index in [1.165, 1.54) is 37.7 Å². The predicted molar refractivity (Wildman–Crippen MR) is 98.3 cm³/mol. The lowest BCUT2D eigenvalue weighted by atomic mass is 9.83. The summed E-state index contributed by atoms with van der Waals surface area (Å²) in [4.78, 5) is 11.2. The lowest BCUT2D eigenvalue weighted by Gasteiger charge is -2.24. The smallest absolute Gasteiger partial charge is 0.321 e. The van der Waals surface area contributed by atoms with Crippen LogP contribution in [-0.2, 0) is 9.53 Å². The van der Waals surface area contributed by atoms with Gasteiger partial charge in [-0.1, -0.05) is 74.9 Å². The average molecular weight is 453 g/mol. The van der Waals surface area contributed by atoms with Gasteiger partial charge in [0.15, 0.2) is 0 Å². The van der Waals surface area contributed by atoms with Crippen molar-refractivity contribution in [3.63, 3.8) is 0 Å². The van der Waals surface area contributed by atoms with Crippen molar-refractivity contribution in [1.29, 1.82) is 0 Å². The molecule has 2 unspecified atom stereocenters. The van der Waals surface area contributed by atoms with Gasteiger partial charge in [-0.15, -0.1) is 0 Å². The first kappa shape index (κ1) is 18.3. The van der Waals surface area contributed by atoms with E-state index in [1.807, 2.05) is 6.07 Å². The number of rotatable bonds is 5. The second kappa shape index (κ2) is 8.70. The Morgan fingerprint density at radius 3 is 2.59 bits per heavy atom. The topological polar surface area (TPSA) is 26.3 Å². The van der Waals surface area contributed by atoms with Crippen molar-refractivity contribution in [3.8, 4) is 0 Å². The van der Waals surface area contributed by atoms with Gasteiger partial charge in [0.1, 0.15) is 4.83 Å². The van der Waals surface area contributed by atoms with Crippen molar-refractivity contribution >= 4 is 49.4 Å². The SMILES string of the molecule is CCOC(=O)C(Br)C(Br)c1ccc(C2CCCCC2)c(Cl)c1. The zero-order chi connectivity index (χ0) is 16.1. The summed E-state index contributed by atoms with van der Waals surface area (Å²) in [6, 6.07) is 6.15. The van der Waals surface area contributed by atoms with Crippen LogP contribution in [0.3, 0.4) is 0 Å². The maximum absolute atomic E-state index is 11.8. The van der Waals surface area contributed by atoms with Crippen LogP contribution in [0.5, 0.6) is 0 Å². The number of halogens is 3. The highest BCUT2D eigenvalue weighted by atomic mass is 79.9. The molecule has 1 aliphatic rings. The second-order valence-corrected chi connectivity index (χ2v) is 8.05. The van der Waals surface area contributed by atoms with Gasteiger partial charge < -0.3 is 4.74 Å². The minimum absolute atomic E-state index is 0.163. The molecule has 0 aliphatic heterocycles. The molecular weight excluding hydrogens is 431 g/mol. The van der Waals surface area contributed by atoms with Crippen molar-refractivity contribution in [2.75, 3.05) is 6.61 Å². The summed E-state index contributed by atoms with van der Waals surface area (Å²) < 4.78 is 5.05. The van der Waals surface area contributed by atoms with Crippen molar-refractivity contribution < 1.29 is 9.53 Å². The molecule has 0 aromatic heterocycles. The van der Waals surface area contributed by atoms with E-state index in [1.54, 1.807) is 6.92 Å². The Kier molecular flexibility index (Phi) is 7.23. The first-order valence-corrected chi connectivity index (χ1v) is 9.99. The number of esters is 1. The van der Waals surface area contributed by atoms with Gasteiger partial charge >= 0.3 is 5.97 Å². The first-order chi connectivity index (χ1) is 10.5. The average Bonchev–Trinajstić information content (AvgIpc) is 2.54. The molecule has 2 nitrogen and oxygen atoms in total. The molecule has 5 heteroatoms. The van der Waals surface area contributed by atoms with Crippen LogP contribution in [0.1, 0.15) is 60.9 Å². The van der Waals surface area contributed by atoms with Gasteiger partial charge in [-0.3, -0.25) is 4.79 Å². The number of hydrogen-bond acceptors (Lipinski definition) is 2. The Balaban J connectivity index is 2.12. The third kappa shape index (κ3) is 4.48. The highest BCUT2D eigenvalue weighted by Crippen LogP contribution is 2.39. The molecule has 2 atom stereocenters. The van der Waals surface area contributed by atoms with Gasteiger partial charge in [0.25, 0.3) is 0 Å². The summed E-state index contributed by atoms with van der Waals surface area (Å²) in [6.07, 6.45) is 6.36. The Labute approximate surface area is 154 Å². The zero-order valence-corrected chi connectivity index (χ0v) is 16.6. The van der Waals surface area contributed by atoms with Crippen LogP contribution in [-0.4, -0.2) is 17.4 Å². The third-order valence-corrected chi connectivity index (χ3v) is 7.15. The quantitative estimate of drug-likeness (QED) is 0.396. The van der Waals surface area contributed by atoms with Gasteiger partial charge in [-0.2, -0.15) is 0 Å². The van der Waals surface area contributed by atoms with E-state index < -0.39 is 4.83 Å². The van der Waals surface area contributed by atoms with Crippen molar-refractivity contribution in [3.05, 3.63) is 34.3 Å². The van der Waals surface area contributed by atoms with Gasteiger partial charge in [-0.25, -0.2) is 0 Å². The number of ether oxygens (including phenoxy) is 1. The highest BCUT2D eigenvalue weighted by Gasteiger charge is 2.27. The normalized spacial score (nSPS) is 18.7. The van der Waals surface area contributed by atoms with E-state index in [0.29, 0.717) is 12.5 Å². The van der Waals surface area contributed by atoms with Crippen LogP contribution >= 0.6 is 43.5 Å². The van der Waals surface area contributed by atoms with E-state index >= 15 is 0 Å². The molecule has 0 saturated heterocycles. The van der Waals surface area contributed by atoms with E-state index in [0.717, 1.165) is 10.6 Å². The Hall–Kier alpha value is -0.0600. The minimum Gasteiger partial charge on any atom is -0.465 e. The highest BCUT2D eigenvalue weighted by molar-refractivity contribution is 9.12. The number of benzene rings is 1. The van der Waals surface area contributed by atoms with Gasteiger partial charge in [0.2, 0.25) is 0 Å². The van der Waals surface area contributed by atoms with E-state index in [9.17, 15) is 4.79 Å². The number of hydrogen-bond donors (Lipinski definition) is 0. The maximum Gasteiger partial charge on any atom is 0.321 e. The largest absolute Gasteiger partial charge is 0.465 e. The molecule has 0 heterocycles. The molecule has 0 N–H and O–H groups in total. The fourth-order valence-corrected chi connectivity index (χ4v) is 4.25. The summed E-state index contributed by atoms with van der Waals surface area (Å²) in [7, 11) is 0. The summed E-state index contributed by atoms with van der Waals surface area (Å²) in [5.74, 6) is 0.311. The second-order valence-electron chi connectivity index (χ2n) is 5.67. The van der Waals surface area contributed by atoms with Gasteiger partial charge in [0, 0.05) is 5.02 Å². The Morgan fingerprint density at radius 1 is 1.32 bits per heavy atom. The maximum atomic E-state index is 11.8. The molecule has 122 valence electrons. The van der Waals surface area contributed by atoms with E-state index in [4.69, 9.17) is 16.3 Å². The Morgan fingerprint density at radius 2 is 2.00 bits per heavy atom. The van der Waals surface area contributed by atoms with Crippen LogP contribution in [0.15, 0.2) is 18.2 Å². The number of carbonyl (C=O) groups is 1. The molecule has 2 rings (SSSR count). The molecule has 1 aliphatic carbocycles. The van der Waals surface area contributed by atoms with Gasteiger partial charge in [0.05, 0.1) is 11.4 Å². The van der Waals surface area contributed by atoms with Crippen LogP contribution in [0.25, 0.3) is 0 Å². The monoisotopic (exact) mass is 450 g/mol. The van der Waals surface area contributed by atoms with Crippen LogP contribution in [0.2, 0.25) is 5.02 Å². The molecule has 1 fully saturated rings. The molecule has 0 bridgehead atoms. The predicted octanol–water partition coefficient (Wildman–Crippen LogP) is 6.15.